The molecule has 0 radical (unpaired) electrons. The number of hydroxylamine groups is 2. The van der Waals surface area contributed by atoms with Gasteiger partial charge < -0.3 is 0 Å². The third-order valence-electron chi connectivity index (χ3n) is 1.32. The first-order valence-electron chi connectivity index (χ1n) is 3.26. The van der Waals surface area contributed by atoms with Crippen molar-refractivity contribution in [2.45, 2.75) is 36.3 Å². The van der Waals surface area contributed by atoms with Crippen LogP contribution in [0.15, 0.2) is 0 Å². The Kier molecular flexibility index (Phi) is 2.37. The molecule has 0 aliphatic carbocycles. The number of hydrogen-bond donors (Lipinski definition) is 0. The summed E-state index contributed by atoms with van der Waals surface area (Å²) < 4.78 is -1.34. The van der Waals surface area contributed by atoms with Crippen molar-refractivity contribution in [1.29, 1.82) is 0 Å². The lowest BCUT2D eigenvalue weighted by Gasteiger charge is -2.18. The minimum absolute atomic E-state index is 0.103. The molecule has 66 valence electrons. The van der Waals surface area contributed by atoms with Gasteiger partial charge in [0.15, 0.2) is 0 Å². The largest absolute Gasteiger partial charge is 0.270 e. The molecule has 11 heavy (non-hydrogen) atoms. The SMILES string of the molecule is CC(C)(C)N1O[C@H]1C(Cl)(Cl)Cl. The van der Waals surface area contributed by atoms with Gasteiger partial charge in [-0.2, -0.15) is 0 Å². The monoisotopic (exact) mass is 217 g/mol. The Labute approximate surface area is 81.3 Å². The van der Waals surface area contributed by atoms with Gasteiger partial charge in [0.2, 0.25) is 10.0 Å². The van der Waals surface area contributed by atoms with E-state index in [4.69, 9.17) is 39.6 Å². The van der Waals surface area contributed by atoms with Crippen molar-refractivity contribution in [3.63, 3.8) is 0 Å². The summed E-state index contributed by atoms with van der Waals surface area (Å²) in [6.07, 6.45) is -0.396. The first-order valence-corrected chi connectivity index (χ1v) is 4.39. The second-order valence-corrected chi connectivity index (χ2v) is 5.86. The van der Waals surface area contributed by atoms with Crippen LogP contribution in [-0.4, -0.2) is 20.6 Å². The molecular formula is C6H10Cl3NO. The van der Waals surface area contributed by atoms with E-state index in [0.717, 1.165) is 0 Å². The van der Waals surface area contributed by atoms with E-state index in [1.54, 1.807) is 5.06 Å². The molecule has 0 aromatic heterocycles. The minimum Gasteiger partial charge on any atom is -0.270 e. The molecule has 1 saturated heterocycles. The van der Waals surface area contributed by atoms with Crippen LogP contribution in [0.2, 0.25) is 0 Å². The third kappa shape index (κ3) is 2.36. The molecule has 0 saturated carbocycles. The van der Waals surface area contributed by atoms with Crippen molar-refractivity contribution in [3.8, 4) is 0 Å². The molecule has 1 aliphatic heterocycles. The van der Waals surface area contributed by atoms with E-state index in [-0.39, 0.29) is 5.54 Å². The highest BCUT2D eigenvalue weighted by Gasteiger charge is 2.56. The molecule has 5 heteroatoms. The Morgan fingerprint density at radius 2 is 1.64 bits per heavy atom. The maximum absolute atomic E-state index is 5.60. The van der Waals surface area contributed by atoms with E-state index in [1.165, 1.54) is 0 Å². The summed E-state index contributed by atoms with van der Waals surface area (Å²) in [4.78, 5) is 5.08. The fourth-order valence-corrected chi connectivity index (χ4v) is 1.17. The second kappa shape index (κ2) is 2.64. The van der Waals surface area contributed by atoms with Gasteiger partial charge in [-0.25, -0.2) is 0 Å². The highest BCUT2D eigenvalue weighted by atomic mass is 35.6. The van der Waals surface area contributed by atoms with E-state index in [2.05, 4.69) is 0 Å². The van der Waals surface area contributed by atoms with E-state index in [0.29, 0.717) is 0 Å². The Morgan fingerprint density at radius 1 is 1.18 bits per heavy atom. The van der Waals surface area contributed by atoms with E-state index < -0.39 is 10.0 Å². The predicted molar refractivity (Wildman–Crippen MR) is 46.8 cm³/mol. The smallest absolute Gasteiger partial charge is 0.233 e. The Hall–Kier alpha value is 0.790. The first kappa shape index (κ1) is 9.87. The molecule has 0 aromatic carbocycles. The van der Waals surface area contributed by atoms with Crippen molar-refractivity contribution in [2.24, 2.45) is 0 Å². The molecule has 0 spiro atoms. The number of halogens is 3. The zero-order valence-electron chi connectivity index (χ0n) is 6.57. The van der Waals surface area contributed by atoms with Gasteiger partial charge in [0, 0.05) is 5.54 Å². The molecular weight excluding hydrogens is 208 g/mol. The summed E-state index contributed by atoms with van der Waals surface area (Å²) in [5.41, 5.74) is -0.103. The topological polar surface area (TPSA) is 15.5 Å². The molecule has 0 N–H and O–H groups in total. The van der Waals surface area contributed by atoms with Crippen LogP contribution in [0.4, 0.5) is 0 Å². The van der Waals surface area contributed by atoms with E-state index in [1.807, 2.05) is 20.8 Å². The van der Waals surface area contributed by atoms with E-state index in [9.17, 15) is 0 Å². The normalized spacial score (nSPS) is 32.2. The van der Waals surface area contributed by atoms with Gasteiger partial charge in [0.25, 0.3) is 0 Å². The van der Waals surface area contributed by atoms with Gasteiger partial charge in [0.05, 0.1) is 0 Å². The van der Waals surface area contributed by atoms with Crippen LogP contribution in [0.25, 0.3) is 0 Å². The summed E-state index contributed by atoms with van der Waals surface area (Å²) in [6, 6.07) is 0. The quantitative estimate of drug-likeness (QED) is 0.459. The summed E-state index contributed by atoms with van der Waals surface area (Å²) in [5.74, 6) is 0. The average Bonchev–Trinajstić information content (AvgIpc) is 2.30. The minimum atomic E-state index is -1.34. The van der Waals surface area contributed by atoms with Gasteiger partial charge >= 0.3 is 0 Å². The van der Waals surface area contributed by atoms with Crippen molar-refractivity contribution in [3.05, 3.63) is 0 Å². The van der Waals surface area contributed by atoms with Gasteiger partial charge in [-0.05, 0) is 20.8 Å². The average molecular weight is 219 g/mol. The van der Waals surface area contributed by atoms with Gasteiger partial charge in [0.1, 0.15) is 0 Å². The maximum atomic E-state index is 5.60. The number of hydrogen-bond acceptors (Lipinski definition) is 2. The van der Waals surface area contributed by atoms with Crippen LogP contribution in [0.1, 0.15) is 20.8 Å². The molecule has 2 nitrogen and oxygen atoms in total. The fourth-order valence-electron chi connectivity index (χ4n) is 0.783. The third-order valence-corrected chi connectivity index (χ3v) is 1.88. The molecule has 0 aromatic rings. The second-order valence-electron chi connectivity index (χ2n) is 3.50. The lowest BCUT2D eigenvalue weighted by molar-refractivity contribution is 0.101. The Morgan fingerprint density at radius 3 is 1.73 bits per heavy atom. The zero-order chi connectivity index (χ0) is 8.86. The van der Waals surface area contributed by atoms with Crippen molar-refractivity contribution >= 4 is 34.8 Å². The molecule has 1 heterocycles. The maximum Gasteiger partial charge on any atom is 0.233 e. The zero-order valence-corrected chi connectivity index (χ0v) is 8.83. The van der Waals surface area contributed by atoms with Crippen LogP contribution >= 0.6 is 34.8 Å². The van der Waals surface area contributed by atoms with Crippen LogP contribution in [-0.2, 0) is 4.84 Å². The summed E-state index contributed by atoms with van der Waals surface area (Å²) in [7, 11) is 0. The van der Waals surface area contributed by atoms with Gasteiger partial charge in [-0.1, -0.05) is 34.8 Å². The highest BCUT2D eigenvalue weighted by molar-refractivity contribution is 6.68. The summed E-state index contributed by atoms with van der Waals surface area (Å²) >= 11 is 16.8. The Bertz CT molecular complexity index is 142. The molecule has 1 unspecified atom stereocenters. The van der Waals surface area contributed by atoms with Crippen LogP contribution in [0.3, 0.4) is 0 Å². The molecule has 0 amide bonds. The Balaban J connectivity index is 2.51. The molecule has 0 bridgehead atoms. The van der Waals surface area contributed by atoms with Crippen molar-refractivity contribution in [2.75, 3.05) is 0 Å². The first-order chi connectivity index (χ1) is 4.73. The fraction of sp³-hybridized carbons (Fsp3) is 1.00. The van der Waals surface area contributed by atoms with Crippen LogP contribution < -0.4 is 0 Å². The highest BCUT2D eigenvalue weighted by Crippen LogP contribution is 2.45. The standard InChI is InChI=1S/C6H10Cl3NO/c1-5(2,3)10-4(11-10)6(7,8)9/h4H,1-3H3/t4-,10?/m0/s1. The summed E-state index contributed by atoms with van der Waals surface area (Å²) in [6.45, 7) is 5.97. The number of alkyl halides is 3. The molecule has 1 fully saturated rings. The lowest BCUT2D eigenvalue weighted by atomic mass is 10.1. The lowest BCUT2D eigenvalue weighted by Crippen LogP contribution is -2.31. The van der Waals surface area contributed by atoms with Crippen molar-refractivity contribution < 1.29 is 4.84 Å². The molecule has 1 rings (SSSR count). The van der Waals surface area contributed by atoms with Gasteiger partial charge in [-0.3, -0.25) is 4.84 Å². The summed E-state index contributed by atoms with van der Waals surface area (Å²) in [5, 5.41) is 1.67. The molecule has 2 atom stereocenters. The van der Waals surface area contributed by atoms with E-state index >= 15 is 0 Å². The number of nitrogens with zero attached hydrogens (tertiary/aromatic N) is 1. The molecule has 1 aliphatic rings. The predicted octanol–water partition coefficient (Wildman–Crippen LogP) is 2.73. The van der Waals surface area contributed by atoms with Crippen molar-refractivity contribution in [1.82, 2.24) is 5.06 Å². The van der Waals surface area contributed by atoms with Crippen LogP contribution in [0.5, 0.6) is 0 Å². The van der Waals surface area contributed by atoms with Crippen LogP contribution in [0, 0.1) is 0 Å². The van der Waals surface area contributed by atoms with Gasteiger partial charge in [-0.15, -0.1) is 5.06 Å². The number of rotatable bonds is 0.